The molecular formula is C16H19FN2. The Balaban J connectivity index is 2.28. The summed E-state index contributed by atoms with van der Waals surface area (Å²) in [4.78, 5) is 4.41. The van der Waals surface area contributed by atoms with Gasteiger partial charge < -0.3 is 5.73 Å². The van der Waals surface area contributed by atoms with Crippen LogP contribution in [0.4, 0.5) is 4.39 Å². The van der Waals surface area contributed by atoms with Gasteiger partial charge in [0.15, 0.2) is 0 Å². The lowest BCUT2D eigenvalue weighted by atomic mass is 9.98. The summed E-state index contributed by atoms with van der Waals surface area (Å²) in [7, 11) is 0. The lowest BCUT2D eigenvalue weighted by molar-refractivity contribution is 0.623. The second-order valence-electron chi connectivity index (χ2n) is 4.82. The number of nitrogens with zero attached hydrogens (tertiary/aromatic N) is 1. The lowest BCUT2D eigenvalue weighted by Crippen LogP contribution is -2.09. The van der Waals surface area contributed by atoms with Crippen LogP contribution >= 0.6 is 0 Å². The van der Waals surface area contributed by atoms with Crippen LogP contribution < -0.4 is 5.73 Å². The summed E-state index contributed by atoms with van der Waals surface area (Å²) in [6.07, 6.45) is 3.46. The van der Waals surface area contributed by atoms with E-state index in [-0.39, 0.29) is 11.9 Å². The van der Waals surface area contributed by atoms with Gasteiger partial charge in [-0.15, -0.1) is 0 Å². The van der Waals surface area contributed by atoms with Crippen LogP contribution in [0.15, 0.2) is 36.5 Å². The van der Waals surface area contributed by atoms with E-state index in [9.17, 15) is 4.39 Å². The number of aryl methyl sites for hydroxylation is 1. The zero-order chi connectivity index (χ0) is 13.8. The molecule has 100 valence electrons. The number of benzene rings is 1. The fourth-order valence-corrected chi connectivity index (χ4v) is 2.14. The van der Waals surface area contributed by atoms with Crippen LogP contribution in [-0.4, -0.2) is 4.98 Å². The van der Waals surface area contributed by atoms with Crippen molar-refractivity contribution in [2.45, 2.75) is 32.7 Å². The van der Waals surface area contributed by atoms with Gasteiger partial charge in [-0.2, -0.15) is 0 Å². The van der Waals surface area contributed by atoms with Gasteiger partial charge in [-0.25, -0.2) is 4.39 Å². The summed E-state index contributed by atoms with van der Waals surface area (Å²) in [5.74, 6) is -0.232. The van der Waals surface area contributed by atoms with E-state index in [1.54, 1.807) is 12.1 Å². The molecule has 1 heterocycles. The molecule has 1 unspecified atom stereocenters. The van der Waals surface area contributed by atoms with Crippen LogP contribution in [0.3, 0.4) is 0 Å². The minimum Gasteiger partial charge on any atom is -0.324 e. The quantitative estimate of drug-likeness (QED) is 0.913. The molecule has 2 nitrogen and oxygen atoms in total. The highest BCUT2D eigenvalue weighted by molar-refractivity contribution is 5.33. The monoisotopic (exact) mass is 258 g/mol. The number of nitrogens with two attached hydrogens (primary N) is 1. The minimum atomic E-state index is -0.232. The standard InChI is InChI=1S/C16H19FN2/c1-3-12-4-6-15(19-10-12)9-13-8-14(17)5-7-16(13)11(2)18/h4-8,10-11H,3,9,18H2,1-2H3. The first kappa shape index (κ1) is 13.7. The lowest BCUT2D eigenvalue weighted by Gasteiger charge is -2.12. The van der Waals surface area contributed by atoms with Crippen LogP contribution in [0.1, 0.15) is 42.3 Å². The summed E-state index contributed by atoms with van der Waals surface area (Å²) in [6, 6.07) is 8.71. The van der Waals surface area contributed by atoms with Crippen LogP contribution in [-0.2, 0) is 12.8 Å². The van der Waals surface area contributed by atoms with Gasteiger partial charge in [-0.05, 0) is 48.2 Å². The third kappa shape index (κ3) is 3.38. The highest BCUT2D eigenvalue weighted by atomic mass is 19.1. The van der Waals surface area contributed by atoms with E-state index in [0.717, 1.165) is 23.2 Å². The van der Waals surface area contributed by atoms with Gasteiger partial charge in [-0.1, -0.05) is 19.1 Å². The Bertz CT molecular complexity index is 547. The number of rotatable bonds is 4. The molecule has 2 rings (SSSR count). The highest BCUT2D eigenvalue weighted by Gasteiger charge is 2.09. The number of hydrogen-bond donors (Lipinski definition) is 1. The average Bonchev–Trinajstić information content (AvgIpc) is 2.39. The average molecular weight is 258 g/mol. The van der Waals surface area contributed by atoms with E-state index in [1.807, 2.05) is 19.2 Å². The molecule has 2 N–H and O–H groups in total. The predicted molar refractivity (Wildman–Crippen MR) is 75.4 cm³/mol. The fraction of sp³-hybridized carbons (Fsp3) is 0.312. The van der Waals surface area contributed by atoms with E-state index in [1.165, 1.54) is 11.6 Å². The normalized spacial score (nSPS) is 12.4. The number of hydrogen-bond acceptors (Lipinski definition) is 2. The summed E-state index contributed by atoms with van der Waals surface area (Å²) in [5.41, 5.74) is 9.94. The molecule has 0 aliphatic carbocycles. The van der Waals surface area contributed by atoms with E-state index in [0.29, 0.717) is 6.42 Å². The van der Waals surface area contributed by atoms with Crippen molar-refractivity contribution in [1.29, 1.82) is 0 Å². The second-order valence-corrected chi connectivity index (χ2v) is 4.82. The van der Waals surface area contributed by atoms with Gasteiger partial charge in [0.05, 0.1) is 0 Å². The Hall–Kier alpha value is -1.74. The zero-order valence-electron chi connectivity index (χ0n) is 11.4. The van der Waals surface area contributed by atoms with Crippen LogP contribution in [0.2, 0.25) is 0 Å². The van der Waals surface area contributed by atoms with Gasteiger partial charge in [0, 0.05) is 24.4 Å². The Morgan fingerprint density at radius 2 is 2.05 bits per heavy atom. The molecule has 0 aliphatic rings. The maximum absolute atomic E-state index is 13.4. The predicted octanol–water partition coefficient (Wildman–Crippen LogP) is 3.39. The third-order valence-corrected chi connectivity index (χ3v) is 3.26. The summed E-state index contributed by atoms with van der Waals surface area (Å²) in [5, 5.41) is 0. The van der Waals surface area contributed by atoms with E-state index >= 15 is 0 Å². The van der Waals surface area contributed by atoms with E-state index in [2.05, 4.69) is 18.0 Å². The first-order valence-corrected chi connectivity index (χ1v) is 6.58. The third-order valence-electron chi connectivity index (χ3n) is 3.26. The molecule has 19 heavy (non-hydrogen) atoms. The van der Waals surface area contributed by atoms with Crippen molar-refractivity contribution in [3.63, 3.8) is 0 Å². The first-order chi connectivity index (χ1) is 9.10. The molecule has 1 aromatic carbocycles. The largest absolute Gasteiger partial charge is 0.324 e. The molecular weight excluding hydrogens is 239 g/mol. The van der Waals surface area contributed by atoms with Crippen molar-refractivity contribution in [3.8, 4) is 0 Å². The molecule has 0 saturated carbocycles. The summed E-state index contributed by atoms with van der Waals surface area (Å²) >= 11 is 0. The SMILES string of the molecule is CCc1ccc(Cc2cc(F)ccc2C(C)N)nc1. The van der Waals surface area contributed by atoms with Crippen LogP contribution in [0, 0.1) is 5.82 Å². The Morgan fingerprint density at radius 3 is 2.63 bits per heavy atom. The van der Waals surface area contributed by atoms with Crippen molar-refractivity contribution in [2.75, 3.05) is 0 Å². The van der Waals surface area contributed by atoms with Crippen molar-refractivity contribution in [3.05, 3.63) is 64.7 Å². The number of aromatic nitrogens is 1. The zero-order valence-corrected chi connectivity index (χ0v) is 11.4. The van der Waals surface area contributed by atoms with Crippen molar-refractivity contribution in [1.82, 2.24) is 4.98 Å². The smallest absolute Gasteiger partial charge is 0.123 e. The number of pyridine rings is 1. The van der Waals surface area contributed by atoms with Gasteiger partial charge in [0.25, 0.3) is 0 Å². The maximum atomic E-state index is 13.4. The van der Waals surface area contributed by atoms with Gasteiger partial charge in [0.2, 0.25) is 0 Å². The Kier molecular flexibility index (Phi) is 4.27. The van der Waals surface area contributed by atoms with Gasteiger partial charge in [-0.3, -0.25) is 4.98 Å². The van der Waals surface area contributed by atoms with E-state index in [4.69, 9.17) is 5.73 Å². The molecule has 1 aromatic heterocycles. The maximum Gasteiger partial charge on any atom is 0.123 e. The minimum absolute atomic E-state index is 0.106. The molecule has 3 heteroatoms. The van der Waals surface area contributed by atoms with Crippen molar-refractivity contribution >= 4 is 0 Å². The highest BCUT2D eigenvalue weighted by Crippen LogP contribution is 2.20. The first-order valence-electron chi connectivity index (χ1n) is 6.58. The molecule has 0 aliphatic heterocycles. The Morgan fingerprint density at radius 1 is 1.26 bits per heavy atom. The van der Waals surface area contributed by atoms with Crippen molar-refractivity contribution < 1.29 is 4.39 Å². The van der Waals surface area contributed by atoms with Gasteiger partial charge >= 0.3 is 0 Å². The molecule has 1 atom stereocenters. The fourth-order valence-electron chi connectivity index (χ4n) is 2.14. The summed E-state index contributed by atoms with van der Waals surface area (Å²) < 4.78 is 13.4. The summed E-state index contributed by atoms with van der Waals surface area (Å²) in [6.45, 7) is 4.00. The molecule has 2 aromatic rings. The molecule has 0 radical (unpaired) electrons. The number of halogens is 1. The molecule has 0 spiro atoms. The second kappa shape index (κ2) is 5.93. The van der Waals surface area contributed by atoms with Crippen molar-refractivity contribution in [2.24, 2.45) is 5.73 Å². The molecule has 0 bridgehead atoms. The van der Waals surface area contributed by atoms with Crippen LogP contribution in [0.25, 0.3) is 0 Å². The van der Waals surface area contributed by atoms with E-state index < -0.39 is 0 Å². The molecule has 0 saturated heterocycles. The topological polar surface area (TPSA) is 38.9 Å². The van der Waals surface area contributed by atoms with Gasteiger partial charge in [0.1, 0.15) is 5.82 Å². The Labute approximate surface area is 113 Å². The molecule has 0 amide bonds. The van der Waals surface area contributed by atoms with Crippen LogP contribution in [0.5, 0.6) is 0 Å². The molecule has 0 fully saturated rings.